The highest BCUT2D eigenvalue weighted by atomic mass is 15.2. The number of hydrogen-bond acceptors (Lipinski definition) is 2. The SMILES string of the molecule is CC(C)N(CC1CC1)C1(CN)CCC2(CCCC2)CC1. The number of nitrogens with zero attached hydrogens (tertiary/aromatic N) is 1. The topological polar surface area (TPSA) is 29.3 Å². The second-order valence-electron chi connectivity index (χ2n) is 8.33. The van der Waals surface area contributed by atoms with Gasteiger partial charge in [-0.05, 0) is 76.5 Å². The van der Waals surface area contributed by atoms with E-state index in [1.807, 2.05) is 0 Å². The van der Waals surface area contributed by atoms with E-state index in [-0.39, 0.29) is 0 Å². The maximum atomic E-state index is 6.32. The summed E-state index contributed by atoms with van der Waals surface area (Å²) in [4.78, 5) is 2.80. The summed E-state index contributed by atoms with van der Waals surface area (Å²) in [6, 6.07) is 0.650. The predicted octanol–water partition coefficient (Wildman–Crippen LogP) is 3.94. The minimum absolute atomic E-state index is 0.324. The third-order valence-electron chi connectivity index (χ3n) is 6.67. The largest absolute Gasteiger partial charge is 0.329 e. The number of nitrogens with two attached hydrogens (primary N) is 1. The van der Waals surface area contributed by atoms with Gasteiger partial charge in [-0.25, -0.2) is 0 Å². The van der Waals surface area contributed by atoms with Crippen LogP contribution in [-0.4, -0.2) is 29.6 Å². The van der Waals surface area contributed by atoms with E-state index in [1.54, 1.807) is 0 Å². The Labute approximate surface area is 125 Å². The molecule has 0 aromatic carbocycles. The van der Waals surface area contributed by atoms with E-state index in [9.17, 15) is 0 Å². The monoisotopic (exact) mass is 278 g/mol. The Bertz CT molecular complexity index is 316. The van der Waals surface area contributed by atoms with Gasteiger partial charge in [0.1, 0.15) is 0 Å². The van der Waals surface area contributed by atoms with Crippen molar-refractivity contribution >= 4 is 0 Å². The van der Waals surface area contributed by atoms with E-state index in [0.717, 1.165) is 17.9 Å². The van der Waals surface area contributed by atoms with Gasteiger partial charge in [0.15, 0.2) is 0 Å². The van der Waals surface area contributed by atoms with Crippen LogP contribution in [0, 0.1) is 11.3 Å². The minimum Gasteiger partial charge on any atom is -0.329 e. The van der Waals surface area contributed by atoms with Crippen molar-refractivity contribution < 1.29 is 0 Å². The lowest BCUT2D eigenvalue weighted by molar-refractivity contribution is -0.00844. The first kappa shape index (κ1) is 14.8. The Morgan fingerprint density at radius 2 is 1.60 bits per heavy atom. The molecule has 0 unspecified atom stereocenters. The molecule has 0 radical (unpaired) electrons. The molecule has 3 aliphatic rings. The first-order valence-corrected chi connectivity index (χ1v) is 9.06. The summed E-state index contributed by atoms with van der Waals surface area (Å²) in [6.45, 7) is 6.93. The van der Waals surface area contributed by atoms with E-state index < -0.39 is 0 Å². The normalized spacial score (nSPS) is 28.6. The van der Waals surface area contributed by atoms with Crippen LogP contribution in [0.15, 0.2) is 0 Å². The van der Waals surface area contributed by atoms with Crippen molar-refractivity contribution in [3.63, 3.8) is 0 Å². The summed E-state index contributed by atoms with van der Waals surface area (Å²) in [5.41, 5.74) is 7.37. The van der Waals surface area contributed by atoms with Crippen molar-refractivity contribution in [3.8, 4) is 0 Å². The molecule has 0 bridgehead atoms. The molecular formula is C18H34N2. The average Bonchev–Trinajstić information content (AvgIpc) is 3.17. The van der Waals surface area contributed by atoms with Gasteiger partial charge < -0.3 is 5.73 Å². The highest BCUT2D eigenvalue weighted by molar-refractivity contribution is 5.03. The maximum absolute atomic E-state index is 6.32. The lowest BCUT2D eigenvalue weighted by Crippen LogP contribution is -2.59. The molecule has 3 aliphatic carbocycles. The van der Waals surface area contributed by atoms with Gasteiger partial charge in [0, 0.05) is 24.7 Å². The van der Waals surface area contributed by atoms with E-state index in [2.05, 4.69) is 18.7 Å². The molecule has 3 saturated carbocycles. The maximum Gasteiger partial charge on any atom is 0.0334 e. The van der Waals surface area contributed by atoms with Crippen molar-refractivity contribution in [2.45, 2.75) is 89.6 Å². The lowest BCUT2D eigenvalue weighted by atomic mass is 9.65. The molecule has 1 spiro atoms. The fraction of sp³-hybridized carbons (Fsp3) is 1.00. The Morgan fingerprint density at radius 3 is 2.05 bits per heavy atom. The van der Waals surface area contributed by atoms with Gasteiger partial charge >= 0.3 is 0 Å². The molecule has 3 fully saturated rings. The van der Waals surface area contributed by atoms with E-state index >= 15 is 0 Å². The molecule has 0 heterocycles. The molecule has 20 heavy (non-hydrogen) atoms. The van der Waals surface area contributed by atoms with Crippen molar-refractivity contribution in [1.29, 1.82) is 0 Å². The van der Waals surface area contributed by atoms with Crippen LogP contribution >= 0.6 is 0 Å². The molecule has 2 heteroatoms. The van der Waals surface area contributed by atoms with Gasteiger partial charge in [-0.1, -0.05) is 12.8 Å². The highest BCUT2D eigenvalue weighted by Crippen LogP contribution is 2.52. The molecule has 0 aliphatic heterocycles. The Balaban J connectivity index is 1.70. The van der Waals surface area contributed by atoms with Crippen LogP contribution in [-0.2, 0) is 0 Å². The van der Waals surface area contributed by atoms with Gasteiger partial charge in [0.05, 0.1) is 0 Å². The average molecular weight is 278 g/mol. The third kappa shape index (κ3) is 2.78. The molecule has 0 aromatic heterocycles. The van der Waals surface area contributed by atoms with Crippen molar-refractivity contribution in [1.82, 2.24) is 4.90 Å². The summed E-state index contributed by atoms with van der Waals surface area (Å²) >= 11 is 0. The second kappa shape index (κ2) is 5.61. The highest BCUT2D eigenvalue weighted by Gasteiger charge is 2.47. The van der Waals surface area contributed by atoms with E-state index in [4.69, 9.17) is 5.73 Å². The summed E-state index contributed by atoms with van der Waals surface area (Å²) in [6.07, 6.45) is 14.5. The second-order valence-corrected chi connectivity index (χ2v) is 8.33. The van der Waals surface area contributed by atoms with Crippen LogP contribution in [0.3, 0.4) is 0 Å². The molecule has 0 amide bonds. The standard InChI is InChI=1S/C18H34N2/c1-15(2)20(13-16-5-6-16)18(14-19)11-9-17(10-12-18)7-3-4-8-17/h15-16H,3-14,19H2,1-2H3. The smallest absolute Gasteiger partial charge is 0.0334 e. The molecule has 0 aromatic rings. The molecule has 0 saturated heterocycles. The van der Waals surface area contributed by atoms with Crippen molar-refractivity contribution in [2.75, 3.05) is 13.1 Å². The number of rotatable bonds is 5. The predicted molar refractivity (Wildman–Crippen MR) is 85.7 cm³/mol. The fourth-order valence-corrected chi connectivity index (χ4v) is 5.01. The molecule has 3 rings (SSSR count). The van der Waals surface area contributed by atoms with Gasteiger partial charge in [0.25, 0.3) is 0 Å². The van der Waals surface area contributed by atoms with E-state index in [1.165, 1.54) is 70.8 Å². The zero-order chi connectivity index (χ0) is 14.2. The molecule has 0 atom stereocenters. The first-order valence-electron chi connectivity index (χ1n) is 9.06. The van der Waals surface area contributed by atoms with E-state index in [0.29, 0.717) is 11.6 Å². The zero-order valence-corrected chi connectivity index (χ0v) is 13.7. The molecule has 116 valence electrons. The lowest BCUT2D eigenvalue weighted by Gasteiger charge is -2.52. The number of hydrogen-bond donors (Lipinski definition) is 1. The third-order valence-corrected chi connectivity index (χ3v) is 6.67. The van der Waals surface area contributed by atoms with Crippen molar-refractivity contribution in [3.05, 3.63) is 0 Å². The molecule has 2 nitrogen and oxygen atoms in total. The van der Waals surface area contributed by atoms with Crippen LogP contribution in [0.5, 0.6) is 0 Å². The van der Waals surface area contributed by atoms with Gasteiger partial charge in [-0.3, -0.25) is 4.90 Å². The summed E-state index contributed by atoms with van der Waals surface area (Å²) in [7, 11) is 0. The van der Waals surface area contributed by atoms with Gasteiger partial charge in [0.2, 0.25) is 0 Å². The Hall–Kier alpha value is -0.0800. The van der Waals surface area contributed by atoms with Crippen molar-refractivity contribution in [2.24, 2.45) is 17.1 Å². The quantitative estimate of drug-likeness (QED) is 0.825. The molecule has 2 N–H and O–H groups in total. The fourth-order valence-electron chi connectivity index (χ4n) is 5.01. The molecular weight excluding hydrogens is 244 g/mol. The van der Waals surface area contributed by atoms with Gasteiger partial charge in [-0.15, -0.1) is 0 Å². The zero-order valence-electron chi connectivity index (χ0n) is 13.7. The van der Waals surface area contributed by atoms with Crippen LogP contribution in [0.2, 0.25) is 0 Å². The first-order chi connectivity index (χ1) is 9.59. The minimum atomic E-state index is 0.324. The Kier molecular flexibility index (Phi) is 4.16. The van der Waals surface area contributed by atoms with Crippen LogP contribution in [0.25, 0.3) is 0 Å². The summed E-state index contributed by atoms with van der Waals surface area (Å²) in [5, 5.41) is 0. The van der Waals surface area contributed by atoms with Crippen LogP contribution in [0.1, 0.15) is 78.1 Å². The van der Waals surface area contributed by atoms with Gasteiger partial charge in [-0.2, -0.15) is 0 Å². The van der Waals surface area contributed by atoms with Crippen LogP contribution < -0.4 is 5.73 Å². The Morgan fingerprint density at radius 1 is 1.00 bits per heavy atom. The summed E-state index contributed by atoms with van der Waals surface area (Å²) in [5.74, 6) is 0.975. The summed E-state index contributed by atoms with van der Waals surface area (Å²) < 4.78 is 0. The van der Waals surface area contributed by atoms with Crippen LogP contribution in [0.4, 0.5) is 0 Å².